The lowest BCUT2D eigenvalue weighted by Gasteiger charge is -2.31. The molecule has 0 spiro atoms. The van der Waals surface area contributed by atoms with E-state index in [0.717, 1.165) is 43.5 Å². The molecule has 1 saturated heterocycles. The van der Waals surface area contributed by atoms with Gasteiger partial charge in [0.2, 0.25) is 0 Å². The van der Waals surface area contributed by atoms with Crippen molar-refractivity contribution in [2.45, 2.75) is 38.8 Å². The van der Waals surface area contributed by atoms with Gasteiger partial charge in [-0.2, -0.15) is 0 Å². The molecule has 2 N–H and O–H groups in total. The number of piperidine rings is 1. The number of likely N-dealkylation sites (tertiary alicyclic amines) is 1. The predicted octanol–water partition coefficient (Wildman–Crippen LogP) is 2.31. The molecular weight excluding hydrogens is 215 g/mol. The van der Waals surface area contributed by atoms with Crippen molar-refractivity contribution in [3.8, 4) is 0 Å². The fourth-order valence-electron chi connectivity index (χ4n) is 2.57. The van der Waals surface area contributed by atoms with Crippen LogP contribution in [-0.2, 0) is 13.0 Å². The van der Waals surface area contributed by atoms with Gasteiger partial charge in [0.05, 0.1) is 0 Å². The molecule has 2 rings (SSSR count). The van der Waals surface area contributed by atoms with E-state index in [1.807, 2.05) is 6.07 Å². The Morgan fingerprint density at radius 2 is 2.29 bits per heavy atom. The number of nitrogens with zero attached hydrogens (tertiary/aromatic N) is 1. The smallest absolute Gasteiger partial charge is 0.127 e. The molecule has 17 heavy (non-hydrogen) atoms. The topological polar surface area (TPSA) is 29.3 Å². The summed E-state index contributed by atoms with van der Waals surface area (Å²) in [6, 6.07) is 5.61. The van der Waals surface area contributed by atoms with Crippen LogP contribution in [0.1, 0.15) is 30.9 Å². The summed E-state index contributed by atoms with van der Waals surface area (Å²) >= 11 is 0. The van der Waals surface area contributed by atoms with Crippen LogP contribution in [0.25, 0.3) is 0 Å². The summed E-state index contributed by atoms with van der Waals surface area (Å²) < 4.78 is 13.8. The highest BCUT2D eigenvalue weighted by molar-refractivity contribution is 5.28. The first-order valence-electron chi connectivity index (χ1n) is 6.45. The summed E-state index contributed by atoms with van der Waals surface area (Å²) in [5, 5.41) is 0. The van der Waals surface area contributed by atoms with E-state index < -0.39 is 0 Å². The van der Waals surface area contributed by atoms with Gasteiger partial charge < -0.3 is 5.73 Å². The van der Waals surface area contributed by atoms with Crippen LogP contribution in [0.2, 0.25) is 0 Å². The van der Waals surface area contributed by atoms with Crippen molar-refractivity contribution in [3.05, 3.63) is 35.1 Å². The van der Waals surface area contributed by atoms with Gasteiger partial charge in [-0.3, -0.25) is 4.90 Å². The fourth-order valence-corrected chi connectivity index (χ4v) is 2.57. The van der Waals surface area contributed by atoms with Gasteiger partial charge >= 0.3 is 0 Å². The number of rotatable bonds is 3. The molecule has 0 saturated carbocycles. The van der Waals surface area contributed by atoms with Crippen LogP contribution in [0, 0.1) is 5.82 Å². The van der Waals surface area contributed by atoms with Crippen molar-refractivity contribution in [1.82, 2.24) is 4.90 Å². The van der Waals surface area contributed by atoms with Crippen molar-refractivity contribution in [2.24, 2.45) is 5.73 Å². The summed E-state index contributed by atoms with van der Waals surface area (Å²) in [5.74, 6) is -0.0801. The zero-order valence-corrected chi connectivity index (χ0v) is 10.5. The Morgan fingerprint density at radius 1 is 1.47 bits per heavy atom. The Balaban J connectivity index is 2.12. The minimum Gasteiger partial charge on any atom is -0.327 e. The highest BCUT2D eigenvalue weighted by Gasteiger charge is 2.18. The van der Waals surface area contributed by atoms with Crippen LogP contribution in [0.15, 0.2) is 18.2 Å². The Labute approximate surface area is 103 Å². The Hall–Kier alpha value is -0.930. The molecule has 1 aromatic rings. The summed E-state index contributed by atoms with van der Waals surface area (Å²) in [5.41, 5.74) is 7.92. The van der Waals surface area contributed by atoms with E-state index in [-0.39, 0.29) is 11.9 Å². The summed E-state index contributed by atoms with van der Waals surface area (Å²) in [4.78, 5) is 2.27. The normalized spacial score (nSPS) is 21.7. The highest BCUT2D eigenvalue weighted by atomic mass is 19.1. The van der Waals surface area contributed by atoms with E-state index in [4.69, 9.17) is 5.73 Å². The van der Waals surface area contributed by atoms with Gasteiger partial charge in [0.15, 0.2) is 0 Å². The lowest BCUT2D eigenvalue weighted by atomic mass is 10.0. The minimum atomic E-state index is -0.0801. The van der Waals surface area contributed by atoms with Gasteiger partial charge in [0, 0.05) is 24.7 Å². The number of aryl methyl sites for hydroxylation is 1. The van der Waals surface area contributed by atoms with Crippen LogP contribution < -0.4 is 5.73 Å². The molecular formula is C14H21FN2. The van der Waals surface area contributed by atoms with Crippen molar-refractivity contribution in [2.75, 3.05) is 13.1 Å². The molecule has 1 aliphatic rings. The maximum Gasteiger partial charge on any atom is 0.127 e. The summed E-state index contributed by atoms with van der Waals surface area (Å²) in [6.45, 7) is 4.69. The van der Waals surface area contributed by atoms with E-state index in [0.29, 0.717) is 6.54 Å². The van der Waals surface area contributed by atoms with Gasteiger partial charge in [0.25, 0.3) is 0 Å². The largest absolute Gasteiger partial charge is 0.327 e. The second-order valence-electron chi connectivity index (χ2n) is 4.87. The molecule has 3 heteroatoms. The third-order valence-corrected chi connectivity index (χ3v) is 3.52. The van der Waals surface area contributed by atoms with Gasteiger partial charge in [-0.25, -0.2) is 4.39 Å². The second-order valence-corrected chi connectivity index (χ2v) is 4.87. The van der Waals surface area contributed by atoms with Crippen LogP contribution in [0.4, 0.5) is 4.39 Å². The first-order valence-corrected chi connectivity index (χ1v) is 6.45. The standard InChI is InChI=1S/C14H21FN2/c1-2-11-5-3-7-14(15)13(11)10-17-8-4-6-12(16)9-17/h3,5,7,12H,2,4,6,8-10,16H2,1H3/t12-/m1/s1. The lowest BCUT2D eigenvalue weighted by molar-refractivity contribution is 0.199. The van der Waals surface area contributed by atoms with Gasteiger partial charge in [-0.15, -0.1) is 0 Å². The number of nitrogens with two attached hydrogens (primary N) is 1. The first-order chi connectivity index (χ1) is 8.20. The second kappa shape index (κ2) is 5.61. The molecule has 1 heterocycles. The molecule has 0 radical (unpaired) electrons. The fraction of sp³-hybridized carbons (Fsp3) is 0.571. The number of benzene rings is 1. The van der Waals surface area contributed by atoms with Crippen LogP contribution in [0.3, 0.4) is 0 Å². The van der Waals surface area contributed by atoms with E-state index >= 15 is 0 Å². The zero-order chi connectivity index (χ0) is 12.3. The molecule has 0 aliphatic carbocycles. The van der Waals surface area contributed by atoms with E-state index in [1.165, 1.54) is 0 Å². The molecule has 1 aliphatic heterocycles. The van der Waals surface area contributed by atoms with Crippen molar-refractivity contribution >= 4 is 0 Å². The van der Waals surface area contributed by atoms with E-state index in [1.54, 1.807) is 12.1 Å². The molecule has 1 atom stereocenters. The number of hydrogen-bond acceptors (Lipinski definition) is 2. The average Bonchev–Trinajstić information content (AvgIpc) is 2.32. The Bertz CT molecular complexity index is 378. The number of hydrogen-bond donors (Lipinski definition) is 1. The van der Waals surface area contributed by atoms with E-state index in [9.17, 15) is 4.39 Å². The molecule has 0 unspecified atom stereocenters. The molecule has 0 aromatic heterocycles. The Morgan fingerprint density at radius 3 is 3.00 bits per heavy atom. The van der Waals surface area contributed by atoms with Crippen LogP contribution in [0.5, 0.6) is 0 Å². The molecule has 2 nitrogen and oxygen atoms in total. The predicted molar refractivity (Wildman–Crippen MR) is 68.3 cm³/mol. The quantitative estimate of drug-likeness (QED) is 0.872. The minimum absolute atomic E-state index is 0.0801. The maximum atomic E-state index is 13.8. The molecule has 94 valence electrons. The van der Waals surface area contributed by atoms with Crippen LogP contribution in [-0.4, -0.2) is 24.0 Å². The van der Waals surface area contributed by atoms with Crippen LogP contribution >= 0.6 is 0 Å². The van der Waals surface area contributed by atoms with Gasteiger partial charge in [0.1, 0.15) is 5.82 Å². The summed E-state index contributed by atoms with van der Waals surface area (Å²) in [7, 11) is 0. The highest BCUT2D eigenvalue weighted by Crippen LogP contribution is 2.19. The monoisotopic (exact) mass is 236 g/mol. The zero-order valence-electron chi connectivity index (χ0n) is 10.5. The van der Waals surface area contributed by atoms with Crippen molar-refractivity contribution in [1.29, 1.82) is 0 Å². The maximum absolute atomic E-state index is 13.8. The third kappa shape index (κ3) is 3.05. The summed E-state index contributed by atoms with van der Waals surface area (Å²) in [6.07, 6.45) is 3.10. The first kappa shape index (κ1) is 12.5. The molecule has 1 fully saturated rings. The average molecular weight is 236 g/mol. The van der Waals surface area contributed by atoms with Crippen molar-refractivity contribution < 1.29 is 4.39 Å². The lowest BCUT2D eigenvalue weighted by Crippen LogP contribution is -2.42. The van der Waals surface area contributed by atoms with Gasteiger partial charge in [-0.05, 0) is 37.4 Å². The van der Waals surface area contributed by atoms with Crippen molar-refractivity contribution in [3.63, 3.8) is 0 Å². The van der Waals surface area contributed by atoms with E-state index in [2.05, 4.69) is 11.8 Å². The van der Waals surface area contributed by atoms with Gasteiger partial charge in [-0.1, -0.05) is 19.1 Å². The Kier molecular flexibility index (Phi) is 4.13. The SMILES string of the molecule is CCc1cccc(F)c1CN1CCC[C@@H](N)C1. The molecule has 0 amide bonds. The number of halogens is 1. The molecule has 1 aromatic carbocycles. The third-order valence-electron chi connectivity index (χ3n) is 3.52. The molecule has 0 bridgehead atoms.